The summed E-state index contributed by atoms with van der Waals surface area (Å²) in [5.41, 5.74) is -0.490. The number of rotatable bonds is 3. The van der Waals surface area contributed by atoms with Crippen LogP contribution in [-0.4, -0.2) is 18.0 Å². The Labute approximate surface area is 114 Å². The standard InChI is InChI=1S/C11H13N3O3S2/c1-7-6-9(8(2)18-7)19(16,17)13-10-11(15)14(3)5-4-12-10/h4-6H,1-3H3,(H,12,13). The van der Waals surface area contributed by atoms with E-state index in [9.17, 15) is 13.2 Å². The van der Waals surface area contributed by atoms with E-state index in [0.717, 1.165) is 4.88 Å². The monoisotopic (exact) mass is 299 g/mol. The molecule has 0 saturated heterocycles. The highest BCUT2D eigenvalue weighted by molar-refractivity contribution is 7.93. The molecular weight excluding hydrogens is 286 g/mol. The maximum Gasteiger partial charge on any atom is 0.294 e. The predicted molar refractivity (Wildman–Crippen MR) is 74.1 cm³/mol. The molecule has 19 heavy (non-hydrogen) atoms. The largest absolute Gasteiger partial charge is 0.314 e. The minimum Gasteiger partial charge on any atom is -0.314 e. The topological polar surface area (TPSA) is 81.1 Å². The molecule has 0 radical (unpaired) electrons. The number of aromatic nitrogens is 2. The molecule has 102 valence electrons. The van der Waals surface area contributed by atoms with Crippen LogP contribution in [0.2, 0.25) is 0 Å². The fourth-order valence-corrected chi connectivity index (χ4v) is 4.19. The molecule has 0 aliphatic rings. The molecular formula is C11H13N3O3S2. The fourth-order valence-electron chi connectivity index (χ4n) is 1.62. The second-order valence-corrected chi connectivity index (χ2v) is 7.19. The third kappa shape index (κ3) is 2.69. The van der Waals surface area contributed by atoms with Crippen molar-refractivity contribution in [2.45, 2.75) is 18.7 Å². The summed E-state index contributed by atoms with van der Waals surface area (Å²) >= 11 is 1.39. The number of nitrogens with zero attached hydrogens (tertiary/aromatic N) is 2. The first kappa shape index (κ1) is 13.8. The van der Waals surface area contributed by atoms with Gasteiger partial charge in [0, 0.05) is 29.2 Å². The molecule has 2 aromatic rings. The lowest BCUT2D eigenvalue weighted by Crippen LogP contribution is -2.25. The Kier molecular flexibility index (Phi) is 3.46. The molecule has 1 N–H and O–H groups in total. The summed E-state index contributed by atoms with van der Waals surface area (Å²) in [6, 6.07) is 1.58. The van der Waals surface area contributed by atoms with Gasteiger partial charge in [-0.05, 0) is 19.9 Å². The lowest BCUT2D eigenvalue weighted by molar-refractivity contribution is 0.600. The van der Waals surface area contributed by atoms with Gasteiger partial charge in [-0.1, -0.05) is 0 Å². The van der Waals surface area contributed by atoms with Gasteiger partial charge >= 0.3 is 0 Å². The Morgan fingerprint density at radius 3 is 2.63 bits per heavy atom. The van der Waals surface area contributed by atoms with Gasteiger partial charge in [-0.2, -0.15) is 0 Å². The number of sulfonamides is 1. The van der Waals surface area contributed by atoms with Gasteiger partial charge in [0.25, 0.3) is 15.6 Å². The van der Waals surface area contributed by atoms with Crippen LogP contribution in [0.5, 0.6) is 0 Å². The number of hydrogen-bond acceptors (Lipinski definition) is 5. The molecule has 0 bridgehead atoms. The van der Waals surface area contributed by atoms with E-state index in [1.807, 2.05) is 6.92 Å². The first-order valence-corrected chi connectivity index (χ1v) is 7.73. The third-order valence-electron chi connectivity index (χ3n) is 2.53. The van der Waals surface area contributed by atoms with E-state index in [-0.39, 0.29) is 10.7 Å². The van der Waals surface area contributed by atoms with Crippen LogP contribution in [0.3, 0.4) is 0 Å². The molecule has 0 aromatic carbocycles. The second kappa shape index (κ2) is 4.78. The average Bonchev–Trinajstić information content (AvgIpc) is 2.65. The summed E-state index contributed by atoms with van der Waals surface area (Å²) in [7, 11) is -2.25. The predicted octanol–water partition coefficient (Wildman–Crippen LogP) is 1.26. The molecule has 0 aliphatic carbocycles. The zero-order valence-electron chi connectivity index (χ0n) is 10.7. The zero-order chi connectivity index (χ0) is 14.2. The summed E-state index contributed by atoms with van der Waals surface area (Å²) in [6.07, 6.45) is 2.82. The van der Waals surface area contributed by atoms with Crippen LogP contribution in [0.1, 0.15) is 9.75 Å². The summed E-state index contributed by atoms with van der Waals surface area (Å²) in [4.78, 5) is 17.3. The van der Waals surface area contributed by atoms with Crippen molar-refractivity contribution in [2.75, 3.05) is 4.72 Å². The average molecular weight is 299 g/mol. The fraction of sp³-hybridized carbons (Fsp3) is 0.273. The van der Waals surface area contributed by atoms with Gasteiger partial charge in [-0.25, -0.2) is 13.4 Å². The Morgan fingerprint density at radius 2 is 2.05 bits per heavy atom. The lowest BCUT2D eigenvalue weighted by atomic mass is 10.4. The minimum atomic E-state index is -3.78. The van der Waals surface area contributed by atoms with Gasteiger partial charge in [0.15, 0.2) is 0 Å². The Bertz CT molecular complexity index is 775. The van der Waals surface area contributed by atoms with Gasteiger partial charge in [-0.3, -0.25) is 9.52 Å². The van der Waals surface area contributed by atoms with Crippen molar-refractivity contribution in [2.24, 2.45) is 7.05 Å². The molecule has 2 heterocycles. The molecule has 6 nitrogen and oxygen atoms in total. The van der Waals surface area contributed by atoms with E-state index in [4.69, 9.17) is 0 Å². The minimum absolute atomic E-state index is 0.183. The Balaban J connectivity index is 2.45. The smallest absolute Gasteiger partial charge is 0.294 e. The lowest BCUT2D eigenvalue weighted by Gasteiger charge is -2.06. The highest BCUT2D eigenvalue weighted by atomic mass is 32.2. The van der Waals surface area contributed by atoms with Crippen molar-refractivity contribution in [1.82, 2.24) is 9.55 Å². The summed E-state index contributed by atoms with van der Waals surface area (Å²) in [5.74, 6) is -0.201. The van der Waals surface area contributed by atoms with Crippen LogP contribution in [0.4, 0.5) is 5.82 Å². The van der Waals surface area contributed by atoms with E-state index in [0.29, 0.717) is 4.88 Å². The molecule has 0 spiro atoms. The highest BCUT2D eigenvalue weighted by Crippen LogP contribution is 2.25. The van der Waals surface area contributed by atoms with Crippen LogP contribution in [-0.2, 0) is 17.1 Å². The van der Waals surface area contributed by atoms with Crippen LogP contribution < -0.4 is 10.3 Å². The summed E-state index contributed by atoms with van der Waals surface area (Å²) in [5, 5.41) is 0. The summed E-state index contributed by atoms with van der Waals surface area (Å²) in [6.45, 7) is 3.55. The molecule has 2 rings (SSSR count). The first-order chi connectivity index (χ1) is 8.81. The van der Waals surface area contributed by atoms with E-state index in [2.05, 4.69) is 9.71 Å². The van der Waals surface area contributed by atoms with Crippen molar-refractivity contribution in [3.8, 4) is 0 Å². The van der Waals surface area contributed by atoms with Crippen molar-refractivity contribution in [1.29, 1.82) is 0 Å². The van der Waals surface area contributed by atoms with Crippen LogP contribution in [0.25, 0.3) is 0 Å². The number of aryl methyl sites for hydroxylation is 3. The molecule has 2 aromatic heterocycles. The van der Waals surface area contributed by atoms with Crippen molar-refractivity contribution < 1.29 is 8.42 Å². The van der Waals surface area contributed by atoms with Crippen LogP contribution >= 0.6 is 11.3 Å². The SMILES string of the molecule is Cc1cc(S(=O)(=O)Nc2nccn(C)c2=O)c(C)s1. The maximum atomic E-state index is 12.2. The third-order valence-corrected chi connectivity index (χ3v) is 5.09. The van der Waals surface area contributed by atoms with Crippen LogP contribution in [0.15, 0.2) is 28.2 Å². The quantitative estimate of drug-likeness (QED) is 0.925. The van der Waals surface area contributed by atoms with E-state index in [1.54, 1.807) is 13.0 Å². The van der Waals surface area contributed by atoms with Gasteiger partial charge in [-0.15, -0.1) is 11.3 Å². The van der Waals surface area contributed by atoms with Crippen LogP contribution in [0, 0.1) is 13.8 Å². The second-order valence-electron chi connectivity index (χ2n) is 4.07. The van der Waals surface area contributed by atoms with Gasteiger partial charge in [0.2, 0.25) is 5.82 Å². The number of thiophene rings is 1. The first-order valence-electron chi connectivity index (χ1n) is 5.43. The van der Waals surface area contributed by atoms with Gasteiger partial charge in [0.05, 0.1) is 0 Å². The number of nitrogens with one attached hydrogen (secondary N) is 1. The molecule has 0 aliphatic heterocycles. The van der Waals surface area contributed by atoms with Crippen molar-refractivity contribution in [3.05, 3.63) is 38.6 Å². The number of hydrogen-bond donors (Lipinski definition) is 1. The zero-order valence-corrected chi connectivity index (χ0v) is 12.3. The van der Waals surface area contributed by atoms with E-state index in [1.165, 1.54) is 35.3 Å². The Hall–Kier alpha value is -1.67. The number of anilines is 1. The molecule has 8 heteroatoms. The molecule has 0 atom stereocenters. The molecule has 0 amide bonds. The Morgan fingerprint density at radius 1 is 1.37 bits per heavy atom. The van der Waals surface area contributed by atoms with Gasteiger partial charge in [0.1, 0.15) is 4.90 Å². The molecule has 0 unspecified atom stereocenters. The molecule has 0 fully saturated rings. The maximum absolute atomic E-state index is 12.2. The highest BCUT2D eigenvalue weighted by Gasteiger charge is 2.21. The van der Waals surface area contributed by atoms with Gasteiger partial charge < -0.3 is 4.57 Å². The van der Waals surface area contributed by atoms with Crippen molar-refractivity contribution >= 4 is 27.2 Å². The molecule has 0 saturated carbocycles. The van der Waals surface area contributed by atoms with Crippen molar-refractivity contribution in [3.63, 3.8) is 0 Å². The van der Waals surface area contributed by atoms with E-state index < -0.39 is 15.6 Å². The normalized spacial score (nSPS) is 11.5. The summed E-state index contributed by atoms with van der Waals surface area (Å²) < 4.78 is 27.9. The van der Waals surface area contributed by atoms with E-state index >= 15 is 0 Å².